The van der Waals surface area contributed by atoms with E-state index in [9.17, 15) is 14.4 Å². The van der Waals surface area contributed by atoms with E-state index in [0.29, 0.717) is 41.8 Å². The topological polar surface area (TPSA) is 95.9 Å². The van der Waals surface area contributed by atoms with Crippen molar-refractivity contribution in [3.8, 4) is 5.75 Å². The highest BCUT2D eigenvalue weighted by atomic mass is 32.2. The predicted octanol–water partition coefficient (Wildman–Crippen LogP) is 5.79. The van der Waals surface area contributed by atoms with Gasteiger partial charge < -0.3 is 15.2 Å². The molecule has 2 aromatic rings. The minimum Gasteiger partial charge on any atom is -0.489 e. The number of aliphatic carboxylic acids is 1. The highest BCUT2D eigenvalue weighted by Gasteiger charge is 2.31. The summed E-state index contributed by atoms with van der Waals surface area (Å²) in [7, 11) is 0. The maximum atomic E-state index is 12.9. The van der Waals surface area contributed by atoms with Crippen LogP contribution in [-0.4, -0.2) is 45.2 Å². The summed E-state index contributed by atoms with van der Waals surface area (Å²) >= 11 is 6.76. The first-order valence-corrected chi connectivity index (χ1v) is 14.2. The molecule has 0 spiro atoms. The molecule has 1 aliphatic rings. The summed E-state index contributed by atoms with van der Waals surface area (Å²) in [4.78, 5) is 37.6. The molecule has 38 heavy (non-hydrogen) atoms. The van der Waals surface area contributed by atoms with Gasteiger partial charge in [0.2, 0.25) is 5.91 Å². The molecule has 2 amide bonds. The highest BCUT2D eigenvalue weighted by Crippen LogP contribution is 2.33. The maximum absolute atomic E-state index is 12.9. The Bertz CT molecular complexity index is 1140. The van der Waals surface area contributed by atoms with E-state index in [1.165, 1.54) is 11.8 Å². The fraction of sp³-hybridized carbons (Fsp3) is 0.379. The van der Waals surface area contributed by atoms with E-state index in [2.05, 4.69) is 5.32 Å². The summed E-state index contributed by atoms with van der Waals surface area (Å²) in [6, 6.07) is 17.6. The number of amides is 2. The molecule has 1 heterocycles. The molecule has 7 nitrogen and oxygen atoms in total. The second-order valence-electron chi connectivity index (χ2n) is 9.05. The summed E-state index contributed by atoms with van der Waals surface area (Å²) < 4.78 is 6.45. The van der Waals surface area contributed by atoms with Gasteiger partial charge in [0.15, 0.2) is 0 Å². The number of hydrogen-bond donors (Lipinski definition) is 2. The average Bonchev–Trinajstić information content (AvgIpc) is 3.17. The number of nitrogens with zero attached hydrogens (tertiary/aromatic N) is 1. The third-order valence-corrected chi connectivity index (χ3v) is 7.33. The number of carboxylic acid groups (broad SMARTS) is 1. The van der Waals surface area contributed by atoms with Crippen molar-refractivity contribution < 1.29 is 24.2 Å². The first kappa shape index (κ1) is 29.4. The number of rotatable bonds is 16. The fourth-order valence-corrected chi connectivity index (χ4v) is 5.21. The standard InChI is InChI=1S/C29H34N2O5S2/c32-26(30-17-8-2-7-16-27(33)34)15-6-3-9-18-31-28(35)25(38-29(31)37)20-23-13-10-14-24(19-23)36-21-22-11-4-1-5-12-22/h1,4-5,10-14,19-20H,2-3,6-9,15-18,21H2,(H,30,32)(H,33,34)/b25-20-. The Kier molecular flexibility index (Phi) is 12.3. The normalized spacial score (nSPS) is 14.2. The number of unbranched alkanes of at least 4 members (excludes halogenated alkanes) is 4. The van der Waals surface area contributed by atoms with Gasteiger partial charge in [-0.05, 0) is 55.0 Å². The van der Waals surface area contributed by atoms with Gasteiger partial charge in [0.05, 0.1) is 4.91 Å². The van der Waals surface area contributed by atoms with Crippen molar-refractivity contribution in [3.05, 3.63) is 70.6 Å². The Labute approximate surface area is 233 Å². The molecule has 2 aromatic carbocycles. The van der Waals surface area contributed by atoms with Gasteiger partial charge in [-0.3, -0.25) is 19.3 Å². The van der Waals surface area contributed by atoms with Crippen LogP contribution in [0.15, 0.2) is 59.5 Å². The number of carboxylic acids is 1. The van der Waals surface area contributed by atoms with Crippen LogP contribution in [0.4, 0.5) is 0 Å². The van der Waals surface area contributed by atoms with Gasteiger partial charge in [0.25, 0.3) is 5.91 Å². The Hall–Kier alpha value is -3.17. The summed E-state index contributed by atoms with van der Waals surface area (Å²) in [5, 5.41) is 11.5. The summed E-state index contributed by atoms with van der Waals surface area (Å²) in [5.74, 6) is -0.130. The van der Waals surface area contributed by atoms with E-state index in [1.54, 1.807) is 4.90 Å². The summed E-state index contributed by atoms with van der Waals surface area (Å²) in [6.07, 6.45) is 7.00. The van der Waals surface area contributed by atoms with Crippen LogP contribution in [0, 0.1) is 0 Å². The van der Waals surface area contributed by atoms with E-state index in [1.807, 2.05) is 60.7 Å². The molecule has 0 aliphatic carbocycles. The number of nitrogens with one attached hydrogen (secondary N) is 1. The molecule has 1 aliphatic heterocycles. The first-order valence-electron chi connectivity index (χ1n) is 12.9. The van der Waals surface area contributed by atoms with Crippen LogP contribution in [0.5, 0.6) is 5.75 Å². The van der Waals surface area contributed by atoms with E-state index in [0.717, 1.165) is 49.0 Å². The van der Waals surface area contributed by atoms with Crippen LogP contribution in [0.1, 0.15) is 62.5 Å². The van der Waals surface area contributed by atoms with E-state index in [4.69, 9.17) is 22.1 Å². The second-order valence-corrected chi connectivity index (χ2v) is 10.7. The lowest BCUT2D eigenvalue weighted by Gasteiger charge is -2.14. The second kappa shape index (κ2) is 15.9. The molecule has 0 radical (unpaired) electrons. The smallest absolute Gasteiger partial charge is 0.303 e. The minimum absolute atomic E-state index is 0.00626. The number of ether oxygens (including phenoxy) is 1. The first-order chi connectivity index (χ1) is 18.4. The van der Waals surface area contributed by atoms with Crippen molar-refractivity contribution in [3.63, 3.8) is 0 Å². The van der Waals surface area contributed by atoms with Gasteiger partial charge in [-0.1, -0.05) is 79.3 Å². The zero-order chi connectivity index (χ0) is 27.2. The van der Waals surface area contributed by atoms with Gasteiger partial charge in [-0.2, -0.15) is 0 Å². The van der Waals surface area contributed by atoms with Gasteiger partial charge in [0, 0.05) is 25.9 Å². The molecule has 202 valence electrons. The van der Waals surface area contributed by atoms with Gasteiger partial charge >= 0.3 is 5.97 Å². The minimum atomic E-state index is -0.786. The van der Waals surface area contributed by atoms with Crippen molar-refractivity contribution in [2.24, 2.45) is 0 Å². The molecule has 0 aromatic heterocycles. The lowest BCUT2D eigenvalue weighted by atomic mass is 10.1. The van der Waals surface area contributed by atoms with E-state index < -0.39 is 5.97 Å². The van der Waals surface area contributed by atoms with Crippen molar-refractivity contribution in [2.45, 2.75) is 58.0 Å². The molecule has 1 fully saturated rings. The maximum Gasteiger partial charge on any atom is 0.303 e. The molecule has 0 atom stereocenters. The largest absolute Gasteiger partial charge is 0.489 e. The van der Waals surface area contributed by atoms with Crippen LogP contribution < -0.4 is 10.1 Å². The number of carbonyl (C=O) groups is 3. The van der Waals surface area contributed by atoms with Crippen LogP contribution in [0.25, 0.3) is 6.08 Å². The Morgan fingerprint density at radius 3 is 2.53 bits per heavy atom. The zero-order valence-corrected chi connectivity index (χ0v) is 23.0. The Morgan fingerprint density at radius 1 is 0.974 bits per heavy atom. The summed E-state index contributed by atoms with van der Waals surface area (Å²) in [5.41, 5.74) is 1.97. The van der Waals surface area contributed by atoms with Gasteiger partial charge in [-0.25, -0.2) is 0 Å². The number of thioether (sulfide) groups is 1. The fourth-order valence-electron chi connectivity index (χ4n) is 3.91. The monoisotopic (exact) mass is 554 g/mol. The van der Waals surface area contributed by atoms with E-state index in [-0.39, 0.29) is 18.2 Å². The SMILES string of the molecule is O=C(O)CCCCCNC(=O)CCCCCN1C(=O)/C(=C/c2cccc(OCc3ccccc3)c2)SC1=S. The number of thiocarbonyl (C=S) groups is 1. The van der Waals surface area contributed by atoms with Crippen LogP contribution in [0.2, 0.25) is 0 Å². The molecule has 0 saturated carbocycles. The number of benzene rings is 2. The molecule has 9 heteroatoms. The number of hydrogen-bond acceptors (Lipinski definition) is 6. The lowest BCUT2D eigenvalue weighted by molar-refractivity contribution is -0.137. The quantitative estimate of drug-likeness (QED) is 0.154. The van der Waals surface area contributed by atoms with E-state index >= 15 is 0 Å². The van der Waals surface area contributed by atoms with Crippen molar-refractivity contribution >= 4 is 52.2 Å². The van der Waals surface area contributed by atoms with Crippen molar-refractivity contribution in [1.29, 1.82) is 0 Å². The third kappa shape index (κ3) is 10.3. The molecule has 0 bridgehead atoms. The van der Waals surface area contributed by atoms with Gasteiger partial charge in [-0.15, -0.1) is 0 Å². The average molecular weight is 555 g/mol. The van der Waals surface area contributed by atoms with Crippen molar-refractivity contribution in [1.82, 2.24) is 10.2 Å². The lowest BCUT2D eigenvalue weighted by Crippen LogP contribution is -2.29. The molecular weight excluding hydrogens is 520 g/mol. The van der Waals surface area contributed by atoms with Crippen LogP contribution in [-0.2, 0) is 21.0 Å². The van der Waals surface area contributed by atoms with Crippen LogP contribution >= 0.6 is 24.0 Å². The highest BCUT2D eigenvalue weighted by molar-refractivity contribution is 8.26. The summed E-state index contributed by atoms with van der Waals surface area (Å²) in [6.45, 7) is 1.58. The van der Waals surface area contributed by atoms with Gasteiger partial charge in [0.1, 0.15) is 16.7 Å². The molecule has 1 saturated heterocycles. The third-order valence-electron chi connectivity index (χ3n) is 5.95. The zero-order valence-electron chi connectivity index (χ0n) is 21.4. The number of carbonyl (C=O) groups excluding carboxylic acids is 2. The Morgan fingerprint density at radius 2 is 1.74 bits per heavy atom. The molecule has 3 rings (SSSR count). The molecule has 0 unspecified atom stereocenters. The van der Waals surface area contributed by atoms with Crippen LogP contribution in [0.3, 0.4) is 0 Å². The Balaban J connectivity index is 1.36. The van der Waals surface area contributed by atoms with Crippen molar-refractivity contribution in [2.75, 3.05) is 13.1 Å². The molecular formula is C29H34N2O5S2. The predicted molar refractivity (Wildman–Crippen MR) is 155 cm³/mol. The molecule has 2 N–H and O–H groups in total.